The number of aliphatic carboxylic acids is 1. The van der Waals surface area contributed by atoms with Crippen molar-refractivity contribution < 1.29 is 19.5 Å². The van der Waals surface area contributed by atoms with E-state index in [-0.39, 0.29) is 23.7 Å². The largest absolute Gasteiger partial charge is 0.481 e. The first kappa shape index (κ1) is 15.8. The SMILES string of the molecule is O=C(O)CC1(CC(=O)N2CCNC(=O)CC2)CCCCC1. The average molecular weight is 296 g/mol. The van der Waals surface area contributed by atoms with Crippen LogP contribution in [-0.2, 0) is 14.4 Å². The number of amides is 2. The summed E-state index contributed by atoms with van der Waals surface area (Å²) in [6.45, 7) is 1.44. The monoisotopic (exact) mass is 296 g/mol. The van der Waals surface area contributed by atoms with Gasteiger partial charge >= 0.3 is 5.97 Å². The average Bonchev–Trinajstić information content (AvgIpc) is 2.63. The van der Waals surface area contributed by atoms with E-state index in [1.807, 2.05) is 0 Å². The molecular weight excluding hydrogens is 272 g/mol. The maximum Gasteiger partial charge on any atom is 0.303 e. The summed E-state index contributed by atoms with van der Waals surface area (Å²) in [5.41, 5.74) is -0.384. The van der Waals surface area contributed by atoms with Crippen LogP contribution in [0.25, 0.3) is 0 Å². The zero-order chi connectivity index (χ0) is 15.3. The molecule has 0 unspecified atom stereocenters. The number of carbonyl (C=O) groups excluding carboxylic acids is 2. The van der Waals surface area contributed by atoms with Gasteiger partial charge in [0.15, 0.2) is 0 Å². The van der Waals surface area contributed by atoms with Crippen molar-refractivity contribution in [2.45, 2.75) is 51.4 Å². The van der Waals surface area contributed by atoms with Crippen LogP contribution in [0.5, 0.6) is 0 Å². The predicted molar refractivity (Wildman–Crippen MR) is 76.6 cm³/mol. The third-order valence-electron chi connectivity index (χ3n) is 4.63. The molecule has 0 spiro atoms. The molecule has 2 aliphatic rings. The van der Waals surface area contributed by atoms with Crippen molar-refractivity contribution in [3.8, 4) is 0 Å². The Morgan fingerprint density at radius 1 is 1.14 bits per heavy atom. The van der Waals surface area contributed by atoms with Crippen LogP contribution in [0.15, 0.2) is 0 Å². The van der Waals surface area contributed by atoms with Crippen LogP contribution in [0, 0.1) is 5.41 Å². The van der Waals surface area contributed by atoms with Gasteiger partial charge in [0.1, 0.15) is 0 Å². The van der Waals surface area contributed by atoms with Gasteiger partial charge in [0.05, 0.1) is 6.42 Å². The van der Waals surface area contributed by atoms with E-state index in [1.54, 1.807) is 4.90 Å². The maximum absolute atomic E-state index is 12.5. The fraction of sp³-hybridized carbons (Fsp3) is 0.800. The Kier molecular flexibility index (Phi) is 5.20. The van der Waals surface area contributed by atoms with Crippen LogP contribution in [0.4, 0.5) is 0 Å². The van der Waals surface area contributed by atoms with Crippen LogP contribution < -0.4 is 5.32 Å². The Labute approximate surface area is 124 Å². The fourth-order valence-corrected chi connectivity index (χ4v) is 3.49. The molecule has 1 aliphatic heterocycles. The molecule has 0 radical (unpaired) electrons. The number of nitrogens with one attached hydrogen (secondary N) is 1. The second kappa shape index (κ2) is 6.91. The van der Waals surface area contributed by atoms with E-state index < -0.39 is 5.97 Å². The van der Waals surface area contributed by atoms with Gasteiger partial charge in [-0.05, 0) is 18.3 Å². The predicted octanol–water partition coefficient (Wildman–Crippen LogP) is 1.15. The van der Waals surface area contributed by atoms with Crippen molar-refractivity contribution in [2.75, 3.05) is 19.6 Å². The second-order valence-corrected chi connectivity index (χ2v) is 6.29. The molecule has 0 aromatic rings. The Morgan fingerprint density at radius 3 is 2.52 bits per heavy atom. The van der Waals surface area contributed by atoms with Crippen LogP contribution in [0.2, 0.25) is 0 Å². The second-order valence-electron chi connectivity index (χ2n) is 6.29. The number of carboxylic acid groups (broad SMARTS) is 1. The molecule has 2 fully saturated rings. The molecule has 21 heavy (non-hydrogen) atoms. The molecule has 1 heterocycles. The van der Waals surface area contributed by atoms with Crippen LogP contribution in [0.1, 0.15) is 51.4 Å². The molecule has 2 amide bonds. The lowest BCUT2D eigenvalue weighted by Gasteiger charge is -2.37. The lowest BCUT2D eigenvalue weighted by Crippen LogP contribution is -2.39. The lowest BCUT2D eigenvalue weighted by atomic mass is 9.69. The number of hydrogen-bond donors (Lipinski definition) is 2. The fourth-order valence-electron chi connectivity index (χ4n) is 3.49. The van der Waals surface area contributed by atoms with E-state index in [4.69, 9.17) is 5.11 Å². The normalized spacial score (nSPS) is 22.3. The van der Waals surface area contributed by atoms with Gasteiger partial charge in [0, 0.05) is 32.5 Å². The zero-order valence-corrected chi connectivity index (χ0v) is 12.4. The molecular formula is C15H24N2O4. The van der Waals surface area contributed by atoms with Crippen LogP contribution in [-0.4, -0.2) is 47.4 Å². The highest BCUT2D eigenvalue weighted by molar-refractivity contribution is 5.81. The van der Waals surface area contributed by atoms with Crippen molar-refractivity contribution in [3.05, 3.63) is 0 Å². The number of nitrogens with zero attached hydrogens (tertiary/aromatic N) is 1. The zero-order valence-electron chi connectivity index (χ0n) is 12.4. The van der Waals surface area contributed by atoms with Gasteiger partial charge < -0.3 is 15.3 Å². The topological polar surface area (TPSA) is 86.7 Å². The minimum atomic E-state index is -0.822. The molecule has 118 valence electrons. The lowest BCUT2D eigenvalue weighted by molar-refractivity contribution is -0.142. The summed E-state index contributed by atoms with van der Waals surface area (Å²) in [6, 6.07) is 0. The summed E-state index contributed by atoms with van der Waals surface area (Å²) in [4.78, 5) is 36.7. The van der Waals surface area contributed by atoms with Crippen molar-refractivity contribution in [1.82, 2.24) is 10.2 Å². The van der Waals surface area contributed by atoms with Crippen LogP contribution >= 0.6 is 0 Å². The highest BCUT2D eigenvalue weighted by Crippen LogP contribution is 2.42. The minimum absolute atomic E-state index is 0.00495. The summed E-state index contributed by atoms with van der Waals surface area (Å²) in [7, 11) is 0. The molecule has 6 heteroatoms. The van der Waals surface area contributed by atoms with Gasteiger partial charge in [-0.2, -0.15) is 0 Å². The molecule has 1 aliphatic carbocycles. The van der Waals surface area contributed by atoms with Crippen molar-refractivity contribution in [3.63, 3.8) is 0 Å². The Hall–Kier alpha value is -1.59. The summed E-state index contributed by atoms with van der Waals surface area (Å²) in [5.74, 6) is -0.852. The Bertz CT molecular complexity index is 416. The van der Waals surface area contributed by atoms with Gasteiger partial charge in [0.25, 0.3) is 0 Å². The highest BCUT2D eigenvalue weighted by atomic mass is 16.4. The molecule has 1 saturated heterocycles. The molecule has 2 N–H and O–H groups in total. The van der Waals surface area contributed by atoms with Crippen molar-refractivity contribution in [2.24, 2.45) is 5.41 Å². The third kappa shape index (κ3) is 4.44. The van der Waals surface area contributed by atoms with Gasteiger partial charge in [-0.25, -0.2) is 0 Å². The Balaban J connectivity index is 1.99. The first-order chi connectivity index (χ1) is 10.0. The quantitative estimate of drug-likeness (QED) is 0.814. The van der Waals surface area contributed by atoms with E-state index >= 15 is 0 Å². The molecule has 2 rings (SSSR count). The van der Waals surface area contributed by atoms with Gasteiger partial charge in [-0.3, -0.25) is 14.4 Å². The first-order valence-corrected chi connectivity index (χ1v) is 7.77. The van der Waals surface area contributed by atoms with E-state index in [0.29, 0.717) is 32.5 Å². The van der Waals surface area contributed by atoms with Crippen LogP contribution in [0.3, 0.4) is 0 Å². The summed E-state index contributed by atoms with van der Waals surface area (Å²) < 4.78 is 0. The standard InChI is InChI=1S/C15H24N2O4/c18-12-4-8-17(9-7-16-12)13(19)10-15(11-14(20)21)5-2-1-3-6-15/h1-11H2,(H,16,18)(H,20,21). The maximum atomic E-state index is 12.5. The molecule has 1 saturated carbocycles. The number of hydrogen-bond acceptors (Lipinski definition) is 3. The van der Waals surface area contributed by atoms with E-state index in [2.05, 4.69) is 5.32 Å². The minimum Gasteiger partial charge on any atom is -0.481 e. The molecule has 0 aromatic carbocycles. The van der Waals surface area contributed by atoms with E-state index in [9.17, 15) is 14.4 Å². The molecule has 0 atom stereocenters. The van der Waals surface area contributed by atoms with E-state index in [0.717, 1.165) is 32.1 Å². The number of rotatable bonds is 4. The van der Waals surface area contributed by atoms with Crippen molar-refractivity contribution in [1.29, 1.82) is 0 Å². The summed E-state index contributed by atoms with van der Waals surface area (Å²) >= 11 is 0. The smallest absolute Gasteiger partial charge is 0.303 e. The summed E-state index contributed by atoms with van der Waals surface area (Å²) in [6.07, 6.45) is 5.46. The van der Waals surface area contributed by atoms with Crippen molar-refractivity contribution >= 4 is 17.8 Å². The third-order valence-corrected chi connectivity index (χ3v) is 4.63. The Morgan fingerprint density at radius 2 is 1.86 bits per heavy atom. The van der Waals surface area contributed by atoms with Gasteiger partial charge in [-0.15, -0.1) is 0 Å². The molecule has 0 aromatic heterocycles. The number of carboxylic acids is 1. The molecule has 0 bridgehead atoms. The highest BCUT2D eigenvalue weighted by Gasteiger charge is 2.37. The summed E-state index contributed by atoms with van der Waals surface area (Å²) in [5, 5.41) is 11.9. The van der Waals surface area contributed by atoms with Gasteiger partial charge in [-0.1, -0.05) is 19.3 Å². The molecule has 6 nitrogen and oxygen atoms in total. The van der Waals surface area contributed by atoms with E-state index in [1.165, 1.54) is 0 Å². The number of carbonyl (C=O) groups is 3. The van der Waals surface area contributed by atoms with Gasteiger partial charge in [0.2, 0.25) is 11.8 Å². The first-order valence-electron chi connectivity index (χ1n) is 7.77.